The van der Waals surface area contributed by atoms with Crippen LogP contribution in [0.4, 0.5) is 4.79 Å². The number of nitrogens with one attached hydrogen (secondary N) is 2. The number of carboxylic acid groups (broad SMARTS) is 1. The standard InChI is InChI=1S/C14H26N2O3/c1-3-7-11(4-2)16-13(19)15-10-14(12(17)18)8-5-6-9-14/h11H,3-10H2,1-2H3,(H,17,18)(H2,15,16,19). The van der Waals surface area contributed by atoms with Crippen molar-refractivity contribution < 1.29 is 14.7 Å². The van der Waals surface area contributed by atoms with Crippen LogP contribution >= 0.6 is 0 Å². The average molecular weight is 270 g/mol. The number of hydrogen-bond acceptors (Lipinski definition) is 2. The SMILES string of the molecule is CCCC(CC)NC(=O)NCC1(C(=O)O)CCCC1. The molecule has 3 N–H and O–H groups in total. The molecule has 1 fully saturated rings. The van der Waals surface area contributed by atoms with Crippen molar-refractivity contribution in [2.75, 3.05) is 6.54 Å². The van der Waals surface area contributed by atoms with Crippen LogP contribution in [0.2, 0.25) is 0 Å². The predicted octanol–water partition coefficient (Wildman–Crippen LogP) is 2.51. The van der Waals surface area contributed by atoms with Gasteiger partial charge in [-0.05, 0) is 25.7 Å². The molecule has 19 heavy (non-hydrogen) atoms. The van der Waals surface area contributed by atoms with Crippen molar-refractivity contribution in [1.82, 2.24) is 10.6 Å². The molecule has 0 bridgehead atoms. The molecule has 0 aromatic rings. The highest BCUT2D eigenvalue weighted by atomic mass is 16.4. The van der Waals surface area contributed by atoms with Crippen molar-refractivity contribution in [3.8, 4) is 0 Å². The smallest absolute Gasteiger partial charge is 0.315 e. The molecule has 5 heteroatoms. The van der Waals surface area contributed by atoms with E-state index in [1.807, 2.05) is 6.92 Å². The molecule has 1 atom stereocenters. The first-order chi connectivity index (χ1) is 9.04. The molecule has 1 unspecified atom stereocenters. The van der Waals surface area contributed by atoms with E-state index in [0.717, 1.165) is 32.1 Å². The van der Waals surface area contributed by atoms with E-state index in [2.05, 4.69) is 17.6 Å². The number of carbonyl (C=O) groups is 2. The minimum Gasteiger partial charge on any atom is -0.481 e. The van der Waals surface area contributed by atoms with Gasteiger partial charge in [0.2, 0.25) is 0 Å². The van der Waals surface area contributed by atoms with Gasteiger partial charge < -0.3 is 15.7 Å². The Hall–Kier alpha value is -1.26. The Balaban J connectivity index is 2.42. The Morgan fingerprint density at radius 3 is 2.37 bits per heavy atom. The second kappa shape index (κ2) is 7.36. The van der Waals surface area contributed by atoms with E-state index < -0.39 is 11.4 Å². The van der Waals surface area contributed by atoms with Crippen LogP contribution in [0.5, 0.6) is 0 Å². The van der Waals surface area contributed by atoms with Crippen LogP contribution in [0.1, 0.15) is 58.8 Å². The van der Waals surface area contributed by atoms with Crippen molar-refractivity contribution >= 4 is 12.0 Å². The third kappa shape index (κ3) is 4.40. The molecule has 0 spiro atoms. The number of rotatable bonds is 7. The zero-order chi connectivity index (χ0) is 14.3. The monoisotopic (exact) mass is 270 g/mol. The van der Waals surface area contributed by atoms with Crippen molar-refractivity contribution in [2.24, 2.45) is 5.41 Å². The first-order valence-electron chi connectivity index (χ1n) is 7.32. The third-order valence-corrected chi connectivity index (χ3v) is 4.07. The molecule has 0 aromatic carbocycles. The Kier molecular flexibility index (Phi) is 6.12. The normalized spacial score (nSPS) is 18.8. The summed E-state index contributed by atoms with van der Waals surface area (Å²) in [5, 5.41) is 15.0. The summed E-state index contributed by atoms with van der Waals surface area (Å²) in [5.74, 6) is -0.786. The van der Waals surface area contributed by atoms with Gasteiger partial charge in [0.05, 0.1) is 5.41 Å². The fraction of sp³-hybridized carbons (Fsp3) is 0.857. The van der Waals surface area contributed by atoms with E-state index in [1.165, 1.54) is 0 Å². The Bertz CT molecular complexity index is 312. The summed E-state index contributed by atoms with van der Waals surface area (Å²) in [6, 6.07) is -0.0674. The highest BCUT2D eigenvalue weighted by Gasteiger charge is 2.41. The maximum Gasteiger partial charge on any atom is 0.315 e. The largest absolute Gasteiger partial charge is 0.481 e. The summed E-state index contributed by atoms with van der Waals surface area (Å²) < 4.78 is 0. The van der Waals surface area contributed by atoms with Gasteiger partial charge in [0, 0.05) is 12.6 Å². The second-order valence-corrected chi connectivity index (χ2v) is 5.51. The number of amides is 2. The van der Waals surface area contributed by atoms with Crippen molar-refractivity contribution in [3.63, 3.8) is 0 Å². The molecule has 1 saturated carbocycles. The number of urea groups is 1. The highest BCUT2D eigenvalue weighted by molar-refractivity contribution is 5.78. The molecule has 0 heterocycles. The predicted molar refractivity (Wildman–Crippen MR) is 74.1 cm³/mol. The molecule has 0 saturated heterocycles. The molecule has 110 valence electrons. The quantitative estimate of drug-likeness (QED) is 0.665. The molecule has 0 radical (unpaired) electrons. The third-order valence-electron chi connectivity index (χ3n) is 4.07. The average Bonchev–Trinajstić information content (AvgIpc) is 2.86. The maximum absolute atomic E-state index is 11.8. The first-order valence-corrected chi connectivity index (χ1v) is 7.32. The number of carboxylic acids is 1. The maximum atomic E-state index is 11.8. The lowest BCUT2D eigenvalue weighted by molar-refractivity contribution is -0.148. The van der Waals surface area contributed by atoms with Gasteiger partial charge in [0.1, 0.15) is 0 Å². The van der Waals surface area contributed by atoms with Gasteiger partial charge in [-0.15, -0.1) is 0 Å². The summed E-state index contributed by atoms with van der Waals surface area (Å²) in [6.45, 7) is 4.35. The van der Waals surface area contributed by atoms with Crippen LogP contribution in [0.3, 0.4) is 0 Å². The van der Waals surface area contributed by atoms with Gasteiger partial charge in [0.25, 0.3) is 0 Å². The molecule has 1 rings (SSSR count). The Labute approximate surface area is 115 Å². The van der Waals surface area contributed by atoms with E-state index in [1.54, 1.807) is 0 Å². The minimum absolute atomic E-state index is 0.175. The molecule has 5 nitrogen and oxygen atoms in total. The van der Waals surface area contributed by atoms with E-state index in [-0.39, 0.29) is 18.6 Å². The molecular weight excluding hydrogens is 244 g/mol. The van der Waals surface area contributed by atoms with Crippen LogP contribution < -0.4 is 10.6 Å². The van der Waals surface area contributed by atoms with E-state index in [9.17, 15) is 14.7 Å². The van der Waals surface area contributed by atoms with Gasteiger partial charge in [0.15, 0.2) is 0 Å². The van der Waals surface area contributed by atoms with Gasteiger partial charge >= 0.3 is 12.0 Å². The summed E-state index contributed by atoms with van der Waals surface area (Å²) in [5.41, 5.74) is -0.746. The molecule has 0 aromatic heterocycles. The summed E-state index contributed by atoms with van der Waals surface area (Å²) in [4.78, 5) is 23.1. The fourth-order valence-corrected chi connectivity index (χ4v) is 2.73. The van der Waals surface area contributed by atoms with Gasteiger partial charge in [-0.25, -0.2) is 4.79 Å². The Morgan fingerprint density at radius 1 is 1.26 bits per heavy atom. The van der Waals surface area contributed by atoms with Crippen LogP contribution in [-0.2, 0) is 4.79 Å². The van der Waals surface area contributed by atoms with Gasteiger partial charge in [-0.2, -0.15) is 0 Å². The molecule has 0 aliphatic heterocycles. The number of carbonyl (C=O) groups excluding carboxylic acids is 1. The summed E-state index contributed by atoms with van der Waals surface area (Å²) in [6.07, 6.45) is 6.06. The fourth-order valence-electron chi connectivity index (χ4n) is 2.73. The minimum atomic E-state index is -0.786. The van der Waals surface area contributed by atoms with Crippen LogP contribution in [0, 0.1) is 5.41 Å². The Morgan fingerprint density at radius 2 is 1.89 bits per heavy atom. The lowest BCUT2D eigenvalue weighted by atomic mass is 9.86. The van der Waals surface area contributed by atoms with Crippen LogP contribution in [0.25, 0.3) is 0 Å². The number of hydrogen-bond donors (Lipinski definition) is 3. The van der Waals surface area contributed by atoms with Crippen LogP contribution in [-0.4, -0.2) is 29.7 Å². The van der Waals surface area contributed by atoms with Crippen LogP contribution in [0.15, 0.2) is 0 Å². The van der Waals surface area contributed by atoms with Crippen molar-refractivity contribution in [3.05, 3.63) is 0 Å². The lowest BCUT2D eigenvalue weighted by Gasteiger charge is -2.25. The molecular formula is C14H26N2O3. The van der Waals surface area contributed by atoms with E-state index in [0.29, 0.717) is 12.8 Å². The first kappa shape index (κ1) is 15.8. The molecule has 1 aliphatic rings. The van der Waals surface area contributed by atoms with Crippen molar-refractivity contribution in [2.45, 2.75) is 64.8 Å². The van der Waals surface area contributed by atoms with Gasteiger partial charge in [-0.3, -0.25) is 4.79 Å². The topological polar surface area (TPSA) is 78.4 Å². The van der Waals surface area contributed by atoms with E-state index in [4.69, 9.17) is 0 Å². The zero-order valence-electron chi connectivity index (χ0n) is 12.0. The number of aliphatic carboxylic acids is 1. The zero-order valence-corrected chi connectivity index (χ0v) is 12.0. The highest BCUT2D eigenvalue weighted by Crippen LogP contribution is 2.37. The lowest BCUT2D eigenvalue weighted by Crippen LogP contribution is -2.47. The van der Waals surface area contributed by atoms with Crippen molar-refractivity contribution in [1.29, 1.82) is 0 Å². The summed E-state index contributed by atoms with van der Waals surface area (Å²) >= 11 is 0. The van der Waals surface area contributed by atoms with Gasteiger partial charge in [-0.1, -0.05) is 33.1 Å². The summed E-state index contributed by atoms with van der Waals surface area (Å²) in [7, 11) is 0. The molecule has 1 aliphatic carbocycles. The molecule has 2 amide bonds. The second-order valence-electron chi connectivity index (χ2n) is 5.51. The van der Waals surface area contributed by atoms with E-state index >= 15 is 0 Å².